The average Bonchev–Trinajstić information content (AvgIpc) is 3.15. The molecule has 0 saturated carbocycles. The fraction of sp³-hybridized carbons (Fsp3) is 0.385. The van der Waals surface area contributed by atoms with E-state index in [1.165, 1.54) is 24.9 Å². The third kappa shape index (κ3) is 5.13. The molecular weight excluding hydrogens is 402 g/mol. The highest BCUT2D eigenvalue weighted by atomic mass is 16.5. The van der Waals surface area contributed by atoms with E-state index in [0.717, 1.165) is 35.7 Å². The lowest BCUT2D eigenvalue weighted by Gasteiger charge is -2.29. The van der Waals surface area contributed by atoms with Crippen molar-refractivity contribution >= 4 is 11.6 Å². The molecule has 2 heterocycles. The Morgan fingerprint density at radius 2 is 1.72 bits per heavy atom. The van der Waals surface area contributed by atoms with Crippen molar-refractivity contribution in [3.63, 3.8) is 0 Å². The summed E-state index contributed by atoms with van der Waals surface area (Å²) in [6.45, 7) is 7.00. The molecule has 1 saturated heterocycles. The lowest BCUT2D eigenvalue weighted by atomic mass is 10.1. The zero-order valence-corrected chi connectivity index (χ0v) is 19.1. The van der Waals surface area contributed by atoms with Crippen molar-refractivity contribution in [1.82, 2.24) is 10.1 Å². The van der Waals surface area contributed by atoms with Gasteiger partial charge in [0, 0.05) is 37.9 Å². The van der Waals surface area contributed by atoms with Gasteiger partial charge in [-0.05, 0) is 75.1 Å². The first-order chi connectivity index (χ1) is 15.5. The molecule has 32 heavy (non-hydrogen) atoms. The minimum atomic E-state index is -0.0117. The number of aryl methyl sites for hydroxylation is 2. The highest BCUT2D eigenvalue weighted by Gasteiger charge is 2.14. The topological polar surface area (TPSA) is 58.8 Å². The van der Waals surface area contributed by atoms with Crippen LogP contribution in [0, 0.1) is 13.8 Å². The van der Waals surface area contributed by atoms with Gasteiger partial charge in [0.2, 0.25) is 0 Å². The van der Waals surface area contributed by atoms with E-state index in [-0.39, 0.29) is 5.91 Å². The maximum atomic E-state index is 12.9. The molecule has 3 aromatic rings. The predicted octanol–water partition coefficient (Wildman–Crippen LogP) is 5.13. The van der Waals surface area contributed by atoms with E-state index < -0.39 is 0 Å². The van der Waals surface area contributed by atoms with Crippen LogP contribution < -0.4 is 9.64 Å². The zero-order chi connectivity index (χ0) is 22.5. The zero-order valence-electron chi connectivity index (χ0n) is 19.1. The summed E-state index contributed by atoms with van der Waals surface area (Å²) < 4.78 is 11.0. The van der Waals surface area contributed by atoms with Crippen LogP contribution in [-0.4, -0.2) is 36.1 Å². The van der Waals surface area contributed by atoms with Gasteiger partial charge in [0.15, 0.2) is 0 Å². The molecule has 0 unspecified atom stereocenters. The highest BCUT2D eigenvalue weighted by Crippen LogP contribution is 2.22. The summed E-state index contributed by atoms with van der Waals surface area (Å²) in [4.78, 5) is 17.1. The Bertz CT molecular complexity index is 1020. The minimum Gasteiger partial charge on any atom is -0.489 e. The van der Waals surface area contributed by atoms with Gasteiger partial charge in [-0.15, -0.1) is 0 Å². The normalized spacial score (nSPS) is 13.8. The third-order valence-corrected chi connectivity index (χ3v) is 6.09. The third-order valence-electron chi connectivity index (χ3n) is 6.09. The van der Waals surface area contributed by atoms with Crippen LogP contribution in [0.4, 0.5) is 5.69 Å². The Morgan fingerprint density at radius 3 is 2.34 bits per heavy atom. The van der Waals surface area contributed by atoms with E-state index in [0.29, 0.717) is 24.5 Å². The van der Waals surface area contributed by atoms with Crippen LogP contribution in [0.25, 0.3) is 0 Å². The van der Waals surface area contributed by atoms with Crippen LogP contribution in [0.5, 0.6) is 5.75 Å². The summed E-state index contributed by atoms with van der Waals surface area (Å²) in [6, 6.07) is 15.9. The Morgan fingerprint density at radius 1 is 1.03 bits per heavy atom. The Kier molecular flexibility index (Phi) is 6.78. The molecule has 0 bridgehead atoms. The number of ether oxygens (including phenoxy) is 1. The van der Waals surface area contributed by atoms with Gasteiger partial charge in [-0.25, -0.2) is 0 Å². The molecule has 0 spiro atoms. The SMILES string of the molecule is Cc1noc(C)c1COc1ccc(C(=O)N(C)Cc2ccc(N3CCCCC3)cc2)cc1. The Hall–Kier alpha value is -3.28. The molecule has 1 fully saturated rings. The van der Waals surface area contributed by atoms with Crippen LogP contribution in [0.2, 0.25) is 0 Å². The fourth-order valence-electron chi connectivity index (χ4n) is 4.09. The van der Waals surface area contributed by atoms with E-state index in [4.69, 9.17) is 9.26 Å². The average molecular weight is 434 g/mol. The molecule has 2 aromatic carbocycles. The standard InChI is InChI=1S/C26H31N3O3/c1-19-25(20(2)32-27-19)18-31-24-13-9-22(10-14-24)26(30)28(3)17-21-7-11-23(12-8-21)29-15-5-4-6-16-29/h7-14H,4-6,15-18H2,1-3H3. The fourth-order valence-corrected chi connectivity index (χ4v) is 4.09. The summed E-state index contributed by atoms with van der Waals surface area (Å²) in [6.07, 6.45) is 3.86. The van der Waals surface area contributed by atoms with Gasteiger partial charge in [0.05, 0.1) is 11.3 Å². The molecule has 1 aliphatic rings. The minimum absolute atomic E-state index is 0.0117. The van der Waals surface area contributed by atoms with Crippen LogP contribution >= 0.6 is 0 Å². The van der Waals surface area contributed by atoms with Crippen molar-refractivity contribution in [2.75, 3.05) is 25.0 Å². The number of rotatable bonds is 7. The van der Waals surface area contributed by atoms with E-state index >= 15 is 0 Å². The van der Waals surface area contributed by atoms with Crippen molar-refractivity contribution in [3.05, 3.63) is 76.7 Å². The van der Waals surface area contributed by atoms with Crippen molar-refractivity contribution in [1.29, 1.82) is 0 Å². The summed E-state index contributed by atoms with van der Waals surface area (Å²) in [5.41, 5.74) is 4.83. The molecular formula is C26H31N3O3. The van der Waals surface area contributed by atoms with Gasteiger partial charge in [0.25, 0.3) is 5.91 Å². The predicted molar refractivity (Wildman–Crippen MR) is 125 cm³/mol. The van der Waals surface area contributed by atoms with Gasteiger partial charge in [-0.1, -0.05) is 17.3 Å². The number of carbonyl (C=O) groups excluding carboxylic acids is 1. The number of hydrogen-bond donors (Lipinski definition) is 0. The molecule has 6 nitrogen and oxygen atoms in total. The second-order valence-corrected chi connectivity index (χ2v) is 8.49. The van der Waals surface area contributed by atoms with Gasteiger partial charge >= 0.3 is 0 Å². The van der Waals surface area contributed by atoms with E-state index in [1.807, 2.05) is 33.0 Å². The second-order valence-electron chi connectivity index (χ2n) is 8.49. The van der Waals surface area contributed by atoms with Crippen molar-refractivity contribution in [2.24, 2.45) is 0 Å². The molecule has 6 heteroatoms. The number of anilines is 1. The first-order valence-electron chi connectivity index (χ1n) is 11.3. The molecule has 1 aromatic heterocycles. The monoisotopic (exact) mass is 433 g/mol. The summed E-state index contributed by atoms with van der Waals surface area (Å²) in [5.74, 6) is 1.46. The van der Waals surface area contributed by atoms with Crippen LogP contribution in [0.15, 0.2) is 53.1 Å². The van der Waals surface area contributed by atoms with Crippen molar-refractivity contribution < 1.29 is 14.1 Å². The molecule has 1 aliphatic heterocycles. The first-order valence-corrected chi connectivity index (χ1v) is 11.3. The van der Waals surface area contributed by atoms with Gasteiger partial charge in [-0.3, -0.25) is 4.79 Å². The maximum Gasteiger partial charge on any atom is 0.253 e. The van der Waals surface area contributed by atoms with E-state index in [1.54, 1.807) is 17.0 Å². The molecule has 4 rings (SSSR count). The summed E-state index contributed by atoms with van der Waals surface area (Å²) in [5, 5.41) is 3.94. The molecule has 0 atom stereocenters. The van der Waals surface area contributed by atoms with Gasteiger partial charge < -0.3 is 19.1 Å². The van der Waals surface area contributed by atoms with Crippen LogP contribution in [0.3, 0.4) is 0 Å². The van der Waals surface area contributed by atoms with Crippen LogP contribution in [-0.2, 0) is 13.2 Å². The number of aromatic nitrogens is 1. The largest absolute Gasteiger partial charge is 0.489 e. The molecule has 168 valence electrons. The second kappa shape index (κ2) is 9.90. The first kappa shape index (κ1) is 21.9. The number of amides is 1. The highest BCUT2D eigenvalue weighted by molar-refractivity contribution is 5.94. The van der Waals surface area contributed by atoms with Crippen LogP contribution in [0.1, 0.15) is 52.2 Å². The lowest BCUT2D eigenvalue weighted by molar-refractivity contribution is 0.0785. The number of hydrogen-bond acceptors (Lipinski definition) is 5. The van der Waals surface area contributed by atoms with Crippen molar-refractivity contribution in [3.8, 4) is 5.75 Å². The van der Waals surface area contributed by atoms with Crippen molar-refractivity contribution in [2.45, 2.75) is 46.3 Å². The summed E-state index contributed by atoms with van der Waals surface area (Å²) >= 11 is 0. The quantitative estimate of drug-likeness (QED) is 0.517. The summed E-state index contributed by atoms with van der Waals surface area (Å²) in [7, 11) is 1.84. The number of piperidine rings is 1. The Labute approximate surface area is 189 Å². The van der Waals surface area contributed by atoms with E-state index in [2.05, 4.69) is 34.3 Å². The van der Waals surface area contributed by atoms with E-state index in [9.17, 15) is 4.79 Å². The Balaban J connectivity index is 1.32. The molecule has 1 amide bonds. The molecule has 0 N–H and O–H groups in total. The molecule has 0 radical (unpaired) electrons. The van der Waals surface area contributed by atoms with Gasteiger partial charge in [-0.2, -0.15) is 0 Å². The van der Waals surface area contributed by atoms with Gasteiger partial charge in [0.1, 0.15) is 18.1 Å². The number of carbonyl (C=O) groups is 1. The lowest BCUT2D eigenvalue weighted by Crippen LogP contribution is -2.29. The maximum absolute atomic E-state index is 12.9. The molecule has 0 aliphatic carbocycles. The number of benzene rings is 2. The number of nitrogens with zero attached hydrogens (tertiary/aromatic N) is 3. The smallest absolute Gasteiger partial charge is 0.253 e.